The van der Waals surface area contributed by atoms with Crippen molar-refractivity contribution < 1.29 is 9.47 Å². The highest BCUT2D eigenvalue weighted by Crippen LogP contribution is 2.38. The third-order valence-electron chi connectivity index (χ3n) is 3.04. The molecule has 3 heteroatoms. The predicted molar refractivity (Wildman–Crippen MR) is 63.5 cm³/mol. The number of benzene rings is 1. The highest BCUT2D eigenvalue weighted by molar-refractivity contribution is 5.36. The van der Waals surface area contributed by atoms with E-state index in [2.05, 4.69) is 6.07 Å². The summed E-state index contributed by atoms with van der Waals surface area (Å²) in [5.74, 6) is 1.34. The second-order valence-electron chi connectivity index (χ2n) is 4.05. The van der Waals surface area contributed by atoms with E-state index in [1.54, 1.807) is 0 Å². The zero-order chi connectivity index (χ0) is 11.4. The molecule has 0 bridgehead atoms. The van der Waals surface area contributed by atoms with Gasteiger partial charge in [0, 0.05) is 18.1 Å². The first-order chi connectivity index (χ1) is 7.86. The summed E-state index contributed by atoms with van der Waals surface area (Å²) in [5, 5.41) is 0. The van der Waals surface area contributed by atoms with Crippen molar-refractivity contribution in [2.75, 3.05) is 19.8 Å². The first kappa shape index (κ1) is 11.4. The van der Waals surface area contributed by atoms with Crippen molar-refractivity contribution in [2.45, 2.75) is 19.4 Å². The van der Waals surface area contributed by atoms with Crippen LogP contribution in [0.25, 0.3) is 0 Å². The summed E-state index contributed by atoms with van der Waals surface area (Å²) < 4.78 is 11.4. The molecule has 3 nitrogen and oxygen atoms in total. The molecule has 1 aromatic rings. The largest absolute Gasteiger partial charge is 0.493 e. The van der Waals surface area contributed by atoms with E-state index < -0.39 is 0 Å². The molecule has 0 aromatic heterocycles. The molecule has 0 saturated carbocycles. The van der Waals surface area contributed by atoms with Gasteiger partial charge in [0.1, 0.15) is 5.75 Å². The molecule has 0 aliphatic carbocycles. The van der Waals surface area contributed by atoms with Crippen molar-refractivity contribution in [3.63, 3.8) is 0 Å². The van der Waals surface area contributed by atoms with Gasteiger partial charge >= 0.3 is 0 Å². The maximum Gasteiger partial charge on any atom is 0.125 e. The molecule has 1 heterocycles. The Morgan fingerprint density at radius 1 is 1.44 bits per heavy atom. The van der Waals surface area contributed by atoms with Gasteiger partial charge in [-0.3, -0.25) is 0 Å². The number of ether oxygens (including phenoxy) is 2. The van der Waals surface area contributed by atoms with Crippen molar-refractivity contribution in [3.05, 3.63) is 29.8 Å². The molecule has 16 heavy (non-hydrogen) atoms. The molecule has 1 aliphatic heterocycles. The fourth-order valence-electron chi connectivity index (χ4n) is 2.22. The summed E-state index contributed by atoms with van der Waals surface area (Å²) in [7, 11) is 0. The highest BCUT2D eigenvalue weighted by Gasteiger charge is 2.30. The highest BCUT2D eigenvalue weighted by atomic mass is 16.5. The average Bonchev–Trinajstić information content (AvgIpc) is 2.78. The second-order valence-corrected chi connectivity index (χ2v) is 4.05. The summed E-state index contributed by atoms with van der Waals surface area (Å²) in [6.45, 7) is 4.14. The number of rotatable bonds is 4. The van der Waals surface area contributed by atoms with Crippen LogP contribution in [0, 0.1) is 5.92 Å². The third-order valence-corrected chi connectivity index (χ3v) is 3.04. The molecule has 1 aliphatic rings. The van der Waals surface area contributed by atoms with Gasteiger partial charge in [0.2, 0.25) is 0 Å². The predicted octanol–water partition coefficient (Wildman–Crippen LogP) is 2.12. The lowest BCUT2D eigenvalue weighted by molar-refractivity contribution is 0.0896. The van der Waals surface area contributed by atoms with E-state index in [0.717, 1.165) is 24.3 Å². The maximum absolute atomic E-state index is 5.77. The van der Waals surface area contributed by atoms with E-state index in [4.69, 9.17) is 15.2 Å². The number of nitrogens with two attached hydrogens (primary N) is 1. The Bertz CT molecular complexity index is 340. The van der Waals surface area contributed by atoms with Crippen LogP contribution in [-0.2, 0) is 4.74 Å². The first-order valence-corrected chi connectivity index (χ1v) is 5.90. The van der Waals surface area contributed by atoms with Gasteiger partial charge in [0.15, 0.2) is 0 Å². The molecule has 1 aromatic carbocycles. The number of hydrogen-bond donors (Lipinski definition) is 1. The van der Waals surface area contributed by atoms with E-state index in [1.165, 1.54) is 0 Å². The summed E-state index contributed by atoms with van der Waals surface area (Å²) in [5.41, 5.74) is 6.90. The van der Waals surface area contributed by atoms with E-state index in [0.29, 0.717) is 19.1 Å². The average molecular weight is 221 g/mol. The molecule has 2 N–H and O–H groups in total. The molecule has 1 fully saturated rings. The fourth-order valence-corrected chi connectivity index (χ4v) is 2.22. The molecule has 0 spiro atoms. The first-order valence-electron chi connectivity index (χ1n) is 5.90. The molecular formula is C13H19NO2. The minimum absolute atomic E-state index is 0.104. The van der Waals surface area contributed by atoms with Gasteiger partial charge in [-0.25, -0.2) is 0 Å². The maximum atomic E-state index is 5.77. The smallest absolute Gasteiger partial charge is 0.125 e. The van der Waals surface area contributed by atoms with Gasteiger partial charge in [-0.15, -0.1) is 0 Å². The third kappa shape index (κ3) is 2.20. The molecular weight excluding hydrogens is 202 g/mol. The zero-order valence-electron chi connectivity index (χ0n) is 9.69. The Morgan fingerprint density at radius 3 is 3.00 bits per heavy atom. The Hall–Kier alpha value is -1.06. The van der Waals surface area contributed by atoms with Crippen molar-refractivity contribution in [2.24, 2.45) is 11.7 Å². The van der Waals surface area contributed by atoms with Gasteiger partial charge in [-0.1, -0.05) is 18.2 Å². The minimum Gasteiger partial charge on any atom is -0.493 e. The van der Waals surface area contributed by atoms with Crippen molar-refractivity contribution in [3.8, 4) is 5.75 Å². The van der Waals surface area contributed by atoms with Crippen LogP contribution in [0.15, 0.2) is 24.3 Å². The van der Waals surface area contributed by atoms with Crippen molar-refractivity contribution in [1.29, 1.82) is 0 Å². The number of para-hydroxylation sites is 1. The van der Waals surface area contributed by atoms with Crippen LogP contribution < -0.4 is 10.5 Å². The summed E-state index contributed by atoms with van der Waals surface area (Å²) in [6.07, 6.45) is 1.15. The van der Waals surface area contributed by atoms with E-state index in [-0.39, 0.29) is 6.10 Å². The monoisotopic (exact) mass is 221 g/mol. The lowest BCUT2D eigenvalue weighted by Crippen LogP contribution is -2.18. The van der Waals surface area contributed by atoms with Crippen LogP contribution in [-0.4, -0.2) is 19.8 Å². The van der Waals surface area contributed by atoms with Crippen LogP contribution in [0.5, 0.6) is 5.75 Å². The minimum atomic E-state index is 0.104. The quantitative estimate of drug-likeness (QED) is 0.847. The van der Waals surface area contributed by atoms with E-state index >= 15 is 0 Å². The Kier molecular flexibility index (Phi) is 3.80. The second kappa shape index (κ2) is 5.32. The fraction of sp³-hybridized carbons (Fsp3) is 0.538. The summed E-state index contributed by atoms with van der Waals surface area (Å²) in [4.78, 5) is 0. The zero-order valence-corrected chi connectivity index (χ0v) is 9.69. The molecule has 2 atom stereocenters. The summed E-state index contributed by atoms with van der Waals surface area (Å²) in [6, 6.07) is 8.08. The van der Waals surface area contributed by atoms with Gasteiger partial charge in [-0.2, -0.15) is 0 Å². The molecule has 2 rings (SSSR count). The van der Waals surface area contributed by atoms with Crippen LogP contribution >= 0.6 is 0 Å². The molecule has 0 amide bonds. The molecule has 2 unspecified atom stereocenters. The lowest BCUT2D eigenvalue weighted by Gasteiger charge is -2.20. The van der Waals surface area contributed by atoms with E-state index in [1.807, 2.05) is 25.1 Å². The number of hydrogen-bond acceptors (Lipinski definition) is 3. The molecule has 1 saturated heterocycles. The van der Waals surface area contributed by atoms with Gasteiger partial charge in [0.25, 0.3) is 0 Å². The standard InChI is InChI=1S/C13H19NO2/c1-2-15-12-6-4-3-5-11(12)13-10(9-14)7-8-16-13/h3-6,10,13H,2,7-9,14H2,1H3. The SMILES string of the molecule is CCOc1ccccc1C1OCCC1CN. The van der Waals surface area contributed by atoms with E-state index in [9.17, 15) is 0 Å². The van der Waals surface area contributed by atoms with Crippen LogP contribution in [0.4, 0.5) is 0 Å². The lowest BCUT2D eigenvalue weighted by atomic mass is 9.95. The normalized spacial score (nSPS) is 24.6. The Balaban J connectivity index is 2.24. The Morgan fingerprint density at radius 2 is 2.25 bits per heavy atom. The van der Waals surface area contributed by atoms with Crippen LogP contribution in [0.2, 0.25) is 0 Å². The molecule has 0 radical (unpaired) electrons. The van der Waals surface area contributed by atoms with Gasteiger partial charge < -0.3 is 15.2 Å². The van der Waals surface area contributed by atoms with Crippen molar-refractivity contribution >= 4 is 0 Å². The van der Waals surface area contributed by atoms with Gasteiger partial charge in [-0.05, 0) is 26.0 Å². The van der Waals surface area contributed by atoms with Gasteiger partial charge in [0.05, 0.1) is 12.7 Å². The van der Waals surface area contributed by atoms with Crippen molar-refractivity contribution in [1.82, 2.24) is 0 Å². The molecule has 88 valence electrons. The van der Waals surface area contributed by atoms with Crippen LogP contribution in [0.1, 0.15) is 25.0 Å². The topological polar surface area (TPSA) is 44.5 Å². The summed E-state index contributed by atoms with van der Waals surface area (Å²) >= 11 is 0. The Labute approximate surface area is 96.5 Å². The van der Waals surface area contributed by atoms with Crippen LogP contribution in [0.3, 0.4) is 0 Å².